The van der Waals surface area contributed by atoms with Crippen molar-refractivity contribution in [2.45, 2.75) is 6.92 Å². The minimum atomic E-state index is -0.169. The SMILES string of the molecule is CCN(C[C@H]1C=C(N)NC1)c1ccccc1F. The lowest BCUT2D eigenvalue weighted by molar-refractivity contribution is 0.591. The van der Waals surface area contributed by atoms with Crippen LogP contribution in [0.25, 0.3) is 0 Å². The van der Waals surface area contributed by atoms with Gasteiger partial charge in [0.2, 0.25) is 0 Å². The van der Waals surface area contributed by atoms with Crippen molar-refractivity contribution in [1.82, 2.24) is 5.32 Å². The normalized spacial score (nSPS) is 18.7. The Kier molecular flexibility index (Phi) is 3.52. The summed E-state index contributed by atoms with van der Waals surface area (Å²) in [5.41, 5.74) is 6.33. The van der Waals surface area contributed by atoms with Crippen LogP contribution in [-0.4, -0.2) is 19.6 Å². The molecule has 0 fully saturated rings. The van der Waals surface area contributed by atoms with Gasteiger partial charge >= 0.3 is 0 Å². The van der Waals surface area contributed by atoms with Crippen LogP contribution < -0.4 is 16.0 Å². The molecule has 92 valence electrons. The molecule has 0 bridgehead atoms. The lowest BCUT2D eigenvalue weighted by atomic mass is 10.1. The van der Waals surface area contributed by atoms with E-state index in [0.29, 0.717) is 11.6 Å². The van der Waals surface area contributed by atoms with Crippen molar-refractivity contribution in [3.8, 4) is 0 Å². The average Bonchev–Trinajstić information content (AvgIpc) is 2.73. The Balaban J connectivity index is 2.09. The van der Waals surface area contributed by atoms with Crippen molar-refractivity contribution in [3.05, 3.63) is 42.0 Å². The maximum atomic E-state index is 13.7. The van der Waals surface area contributed by atoms with Gasteiger partial charge in [0, 0.05) is 25.6 Å². The number of halogens is 1. The van der Waals surface area contributed by atoms with E-state index in [0.717, 1.165) is 25.5 Å². The molecule has 0 unspecified atom stereocenters. The van der Waals surface area contributed by atoms with Gasteiger partial charge in [0.15, 0.2) is 0 Å². The monoisotopic (exact) mass is 235 g/mol. The maximum Gasteiger partial charge on any atom is 0.146 e. The van der Waals surface area contributed by atoms with Crippen LogP contribution in [0.15, 0.2) is 36.2 Å². The van der Waals surface area contributed by atoms with Gasteiger partial charge in [-0.15, -0.1) is 0 Å². The summed E-state index contributed by atoms with van der Waals surface area (Å²) in [4.78, 5) is 2.04. The van der Waals surface area contributed by atoms with Gasteiger partial charge in [-0.2, -0.15) is 0 Å². The Morgan fingerprint density at radius 1 is 1.47 bits per heavy atom. The largest absolute Gasteiger partial charge is 0.386 e. The van der Waals surface area contributed by atoms with E-state index in [1.54, 1.807) is 6.07 Å². The van der Waals surface area contributed by atoms with E-state index in [-0.39, 0.29) is 5.82 Å². The zero-order valence-electron chi connectivity index (χ0n) is 9.99. The highest BCUT2D eigenvalue weighted by atomic mass is 19.1. The molecule has 0 radical (unpaired) electrons. The van der Waals surface area contributed by atoms with Crippen molar-refractivity contribution >= 4 is 5.69 Å². The Labute approximate surface area is 101 Å². The third-order valence-corrected chi connectivity index (χ3v) is 3.01. The van der Waals surface area contributed by atoms with Crippen molar-refractivity contribution in [1.29, 1.82) is 0 Å². The summed E-state index contributed by atoms with van der Waals surface area (Å²) in [7, 11) is 0. The van der Waals surface area contributed by atoms with Gasteiger partial charge < -0.3 is 16.0 Å². The van der Waals surface area contributed by atoms with E-state index in [1.807, 2.05) is 30.0 Å². The number of nitrogens with two attached hydrogens (primary N) is 1. The predicted octanol–water partition coefficient (Wildman–Crippen LogP) is 1.67. The fraction of sp³-hybridized carbons (Fsp3) is 0.385. The van der Waals surface area contributed by atoms with Crippen LogP contribution in [0.1, 0.15) is 6.92 Å². The zero-order valence-corrected chi connectivity index (χ0v) is 9.99. The maximum absolute atomic E-state index is 13.7. The van der Waals surface area contributed by atoms with E-state index < -0.39 is 0 Å². The third-order valence-electron chi connectivity index (χ3n) is 3.01. The van der Waals surface area contributed by atoms with Crippen LogP contribution in [0, 0.1) is 11.7 Å². The van der Waals surface area contributed by atoms with E-state index in [9.17, 15) is 4.39 Å². The number of hydrogen-bond donors (Lipinski definition) is 2. The number of hydrogen-bond acceptors (Lipinski definition) is 3. The molecule has 0 aliphatic carbocycles. The zero-order chi connectivity index (χ0) is 12.3. The molecule has 1 aliphatic heterocycles. The minimum Gasteiger partial charge on any atom is -0.386 e. The molecule has 2 rings (SSSR count). The smallest absolute Gasteiger partial charge is 0.146 e. The lowest BCUT2D eigenvalue weighted by Gasteiger charge is -2.25. The second-order valence-corrected chi connectivity index (χ2v) is 4.25. The number of para-hydroxylation sites is 1. The summed E-state index contributed by atoms with van der Waals surface area (Å²) < 4.78 is 13.7. The summed E-state index contributed by atoms with van der Waals surface area (Å²) in [6, 6.07) is 6.88. The second-order valence-electron chi connectivity index (χ2n) is 4.25. The Bertz CT molecular complexity index is 417. The molecule has 1 aromatic rings. The molecular weight excluding hydrogens is 217 g/mol. The quantitative estimate of drug-likeness (QED) is 0.834. The molecule has 1 aliphatic rings. The van der Waals surface area contributed by atoms with Crippen LogP contribution in [-0.2, 0) is 0 Å². The molecule has 17 heavy (non-hydrogen) atoms. The molecule has 0 saturated carbocycles. The average molecular weight is 235 g/mol. The molecule has 1 atom stereocenters. The highest BCUT2D eigenvalue weighted by molar-refractivity contribution is 5.47. The van der Waals surface area contributed by atoms with Gasteiger partial charge in [-0.05, 0) is 25.1 Å². The first-order valence-corrected chi connectivity index (χ1v) is 5.91. The second kappa shape index (κ2) is 5.08. The molecule has 3 nitrogen and oxygen atoms in total. The molecule has 4 heteroatoms. The summed E-state index contributed by atoms with van der Waals surface area (Å²) in [5.74, 6) is 0.895. The Morgan fingerprint density at radius 2 is 2.24 bits per heavy atom. The van der Waals surface area contributed by atoms with Crippen LogP contribution in [0.4, 0.5) is 10.1 Å². The number of nitrogens with zero attached hydrogens (tertiary/aromatic N) is 1. The molecule has 1 heterocycles. The standard InChI is InChI=1S/C13H18FN3/c1-2-17(9-10-7-13(15)16-8-10)12-6-4-3-5-11(12)14/h3-7,10,16H,2,8-9,15H2,1H3/t10-/m0/s1. The van der Waals surface area contributed by atoms with E-state index in [2.05, 4.69) is 5.32 Å². The van der Waals surface area contributed by atoms with Crippen LogP contribution in [0.5, 0.6) is 0 Å². The predicted molar refractivity (Wildman–Crippen MR) is 68.1 cm³/mol. The molecule has 3 N–H and O–H groups in total. The fourth-order valence-electron chi connectivity index (χ4n) is 2.13. The molecule has 0 saturated heterocycles. The van der Waals surface area contributed by atoms with Crippen molar-refractivity contribution < 1.29 is 4.39 Å². The van der Waals surface area contributed by atoms with Crippen molar-refractivity contribution in [2.75, 3.05) is 24.5 Å². The number of nitrogens with one attached hydrogen (secondary N) is 1. The lowest BCUT2D eigenvalue weighted by Crippen LogP contribution is -2.31. The van der Waals surface area contributed by atoms with Gasteiger partial charge in [0.1, 0.15) is 5.82 Å². The molecule has 0 spiro atoms. The van der Waals surface area contributed by atoms with E-state index in [4.69, 9.17) is 5.73 Å². The summed E-state index contributed by atoms with van der Waals surface area (Å²) in [5, 5.41) is 3.08. The van der Waals surface area contributed by atoms with Gasteiger partial charge in [0.25, 0.3) is 0 Å². The summed E-state index contributed by atoms with van der Waals surface area (Å²) in [6.45, 7) is 4.43. The van der Waals surface area contributed by atoms with Gasteiger partial charge in [0.05, 0.1) is 11.5 Å². The summed E-state index contributed by atoms with van der Waals surface area (Å²) in [6.07, 6.45) is 2.00. The first kappa shape index (κ1) is 11.8. The molecular formula is C13H18FN3. The van der Waals surface area contributed by atoms with Crippen LogP contribution in [0.3, 0.4) is 0 Å². The van der Waals surface area contributed by atoms with E-state index in [1.165, 1.54) is 6.07 Å². The highest BCUT2D eigenvalue weighted by Gasteiger charge is 2.18. The molecule has 1 aromatic carbocycles. The first-order chi connectivity index (χ1) is 8.20. The minimum absolute atomic E-state index is 0.169. The van der Waals surface area contributed by atoms with Crippen molar-refractivity contribution in [2.24, 2.45) is 11.7 Å². The molecule has 0 amide bonds. The Morgan fingerprint density at radius 3 is 2.82 bits per heavy atom. The highest BCUT2D eigenvalue weighted by Crippen LogP contribution is 2.20. The van der Waals surface area contributed by atoms with Crippen LogP contribution >= 0.6 is 0 Å². The van der Waals surface area contributed by atoms with Gasteiger partial charge in [-0.3, -0.25) is 0 Å². The summed E-state index contributed by atoms with van der Waals surface area (Å²) >= 11 is 0. The van der Waals surface area contributed by atoms with Crippen molar-refractivity contribution in [3.63, 3.8) is 0 Å². The van der Waals surface area contributed by atoms with Crippen LogP contribution in [0.2, 0.25) is 0 Å². The van der Waals surface area contributed by atoms with E-state index >= 15 is 0 Å². The Hall–Kier alpha value is -1.71. The number of benzene rings is 1. The topological polar surface area (TPSA) is 41.3 Å². The molecule has 0 aromatic heterocycles. The number of rotatable bonds is 4. The fourth-order valence-corrected chi connectivity index (χ4v) is 2.13. The van der Waals surface area contributed by atoms with Gasteiger partial charge in [-0.1, -0.05) is 12.1 Å². The van der Waals surface area contributed by atoms with Gasteiger partial charge in [-0.25, -0.2) is 4.39 Å². The first-order valence-electron chi connectivity index (χ1n) is 5.91. The number of anilines is 1. The third kappa shape index (κ3) is 2.70.